The van der Waals surface area contributed by atoms with Crippen LogP contribution in [0.3, 0.4) is 0 Å². The largest absolute Gasteiger partial charge is 0.478 e. The number of carboxylic acids is 1. The molecule has 0 atom stereocenters. The average Bonchev–Trinajstić information content (AvgIpc) is 2.38. The maximum absolute atomic E-state index is 13.9. The van der Waals surface area contributed by atoms with E-state index in [-0.39, 0.29) is 36.8 Å². The van der Waals surface area contributed by atoms with Crippen LogP contribution in [-0.4, -0.2) is 11.1 Å². The molecule has 2 aromatic rings. The lowest BCUT2D eigenvalue weighted by Crippen LogP contribution is -1.98. The van der Waals surface area contributed by atoms with Crippen LogP contribution >= 0.6 is 46.4 Å². The van der Waals surface area contributed by atoms with E-state index in [1.165, 1.54) is 6.07 Å². The molecule has 0 spiro atoms. The Morgan fingerprint density at radius 1 is 1.00 bits per heavy atom. The van der Waals surface area contributed by atoms with Gasteiger partial charge in [0.1, 0.15) is 5.82 Å². The van der Waals surface area contributed by atoms with E-state index in [1.807, 2.05) is 0 Å². The molecule has 0 aliphatic heterocycles. The van der Waals surface area contributed by atoms with Gasteiger partial charge in [-0.2, -0.15) is 0 Å². The number of carbonyl (C=O) groups is 1. The lowest BCUT2D eigenvalue weighted by atomic mass is 10.0. The maximum atomic E-state index is 13.9. The number of halogens is 5. The first-order valence-corrected chi connectivity index (χ1v) is 6.70. The fourth-order valence-electron chi connectivity index (χ4n) is 1.66. The number of carboxylic acid groups (broad SMARTS) is 1. The van der Waals surface area contributed by atoms with Gasteiger partial charge in [-0.25, -0.2) is 9.18 Å². The lowest BCUT2D eigenvalue weighted by molar-refractivity contribution is 0.0697. The highest BCUT2D eigenvalue weighted by molar-refractivity contribution is 6.51. The molecule has 0 fully saturated rings. The van der Waals surface area contributed by atoms with Crippen LogP contribution in [-0.2, 0) is 0 Å². The molecule has 2 nitrogen and oxygen atoms in total. The summed E-state index contributed by atoms with van der Waals surface area (Å²) in [6, 6.07) is 4.61. The SMILES string of the molecule is O=C(O)c1ccc(F)c(-c2c(Cl)cc(Cl)c(Cl)c2Cl)c1. The molecule has 2 aromatic carbocycles. The zero-order chi connectivity index (χ0) is 15.0. The van der Waals surface area contributed by atoms with Gasteiger partial charge in [-0.05, 0) is 24.3 Å². The van der Waals surface area contributed by atoms with Crippen LogP contribution in [0.15, 0.2) is 24.3 Å². The molecule has 0 amide bonds. The highest BCUT2D eigenvalue weighted by Gasteiger charge is 2.19. The summed E-state index contributed by atoms with van der Waals surface area (Å²) in [5.41, 5.74) is -0.0543. The van der Waals surface area contributed by atoms with Gasteiger partial charge in [-0.1, -0.05) is 46.4 Å². The molecule has 1 N–H and O–H groups in total. The molecule has 20 heavy (non-hydrogen) atoms. The number of hydrogen-bond acceptors (Lipinski definition) is 1. The first-order chi connectivity index (χ1) is 9.32. The summed E-state index contributed by atoms with van der Waals surface area (Å²) < 4.78 is 13.9. The summed E-state index contributed by atoms with van der Waals surface area (Å²) in [5, 5.41) is 9.13. The van der Waals surface area contributed by atoms with E-state index < -0.39 is 11.8 Å². The second kappa shape index (κ2) is 5.78. The Morgan fingerprint density at radius 3 is 2.25 bits per heavy atom. The van der Waals surface area contributed by atoms with Gasteiger partial charge in [-0.3, -0.25) is 0 Å². The van der Waals surface area contributed by atoms with Crippen molar-refractivity contribution in [3.63, 3.8) is 0 Å². The smallest absolute Gasteiger partial charge is 0.335 e. The first kappa shape index (κ1) is 15.4. The van der Waals surface area contributed by atoms with Crippen molar-refractivity contribution in [3.05, 3.63) is 55.7 Å². The molecule has 0 aromatic heterocycles. The van der Waals surface area contributed by atoms with Crippen LogP contribution in [0.4, 0.5) is 4.39 Å². The summed E-state index contributed by atoms with van der Waals surface area (Å²) >= 11 is 23.7. The van der Waals surface area contributed by atoms with E-state index in [9.17, 15) is 9.18 Å². The van der Waals surface area contributed by atoms with Gasteiger partial charge in [0.15, 0.2) is 0 Å². The second-order valence-electron chi connectivity index (χ2n) is 3.84. The van der Waals surface area contributed by atoms with Crippen LogP contribution in [0.25, 0.3) is 11.1 Å². The van der Waals surface area contributed by atoms with Crippen LogP contribution < -0.4 is 0 Å². The molecule has 104 valence electrons. The minimum Gasteiger partial charge on any atom is -0.478 e. The summed E-state index contributed by atoms with van der Waals surface area (Å²) in [6.07, 6.45) is 0. The Balaban J connectivity index is 2.78. The van der Waals surface area contributed by atoms with Crippen molar-refractivity contribution >= 4 is 52.4 Å². The Kier molecular flexibility index (Phi) is 4.45. The number of rotatable bonds is 2. The summed E-state index contributed by atoms with van der Waals surface area (Å²) in [5.74, 6) is -1.87. The van der Waals surface area contributed by atoms with E-state index in [2.05, 4.69) is 0 Å². The molecule has 0 saturated carbocycles. The van der Waals surface area contributed by atoms with Crippen molar-refractivity contribution in [3.8, 4) is 11.1 Å². The molecular formula is C13H5Cl4FO2. The Labute approximate surface area is 133 Å². The number of hydrogen-bond donors (Lipinski definition) is 1. The molecule has 0 aliphatic carbocycles. The third-order valence-corrected chi connectivity index (χ3v) is 4.16. The van der Waals surface area contributed by atoms with E-state index in [1.54, 1.807) is 0 Å². The zero-order valence-corrected chi connectivity index (χ0v) is 12.6. The van der Waals surface area contributed by atoms with Gasteiger partial charge < -0.3 is 5.11 Å². The fraction of sp³-hybridized carbons (Fsp3) is 0. The van der Waals surface area contributed by atoms with Crippen LogP contribution in [0.1, 0.15) is 10.4 Å². The summed E-state index contributed by atoms with van der Waals surface area (Å²) in [6.45, 7) is 0. The fourth-order valence-corrected chi connectivity index (χ4v) is 2.78. The molecule has 0 bridgehead atoms. The third kappa shape index (κ3) is 2.72. The van der Waals surface area contributed by atoms with Crippen molar-refractivity contribution in [2.45, 2.75) is 0 Å². The van der Waals surface area contributed by atoms with E-state index >= 15 is 0 Å². The molecule has 0 aliphatic rings. The van der Waals surface area contributed by atoms with Gasteiger partial charge in [0.25, 0.3) is 0 Å². The minimum absolute atomic E-state index is 0.0212. The topological polar surface area (TPSA) is 37.3 Å². The highest BCUT2D eigenvalue weighted by atomic mass is 35.5. The summed E-state index contributed by atoms with van der Waals surface area (Å²) in [4.78, 5) is 11.0. The Bertz CT molecular complexity index is 716. The molecule has 0 radical (unpaired) electrons. The van der Waals surface area contributed by atoms with Gasteiger partial charge >= 0.3 is 5.97 Å². The lowest BCUT2D eigenvalue weighted by Gasteiger charge is -2.11. The van der Waals surface area contributed by atoms with Gasteiger partial charge in [0.05, 0.1) is 25.7 Å². The number of aromatic carboxylic acids is 1. The summed E-state index contributed by atoms with van der Waals surface area (Å²) in [7, 11) is 0. The Morgan fingerprint density at radius 2 is 1.65 bits per heavy atom. The minimum atomic E-state index is -1.20. The molecule has 0 heterocycles. The van der Waals surface area contributed by atoms with E-state index in [4.69, 9.17) is 51.5 Å². The average molecular weight is 354 g/mol. The van der Waals surface area contributed by atoms with Crippen LogP contribution in [0.2, 0.25) is 20.1 Å². The molecule has 0 saturated heterocycles. The van der Waals surface area contributed by atoms with E-state index in [0.29, 0.717) is 0 Å². The standard InChI is InChI=1S/C13H5Cl4FO2/c14-7-4-8(15)11(16)12(17)10(7)6-3-5(13(19)20)1-2-9(6)18/h1-4H,(H,19,20). The van der Waals surface area contributed by atoms with Gasteiger partial charge in [0, 0.05) is 11.1 Å². The third-order valence-electron chi connectivity index (χ3n) is 2.60. The monoisotopic (exact) mass is 352 g/mol. The van der Waals surface area contributed by atoms with Crippen molar-refractivity contribution in [1.29, 1.82) is 0 Å². The van der Waals surface area contributed by atoms with Crippen molar-refractivity contribution in [2.24, 2.45) is 0 Å². The molecular weight excluding hydrogens is 349 g/mol. The molecule has 7 heteroatoms. The van der Waals surface area contributed by atoms with Crippen molar-refractivity contribution in [1.82, 2.24) is 0 Å². The van der Waals surface area contributed by atoms with Crippen molar-refractivity contribution in [2.75, 3.05) is 0 Å². The van der Waals surface area contributed by atoms with E-state index in [0.717, 1.165) is 18.2 Å². The first-order valence-electron chi connectivity index (χ1n) is 5.19. The highest BCUT2D eigenvalue weighted by Crippen LogP contribution is 2.43. The quantitative estimate of drug-likeness (QED) is 0.546. The predicted molar refractivity (Wildman–Crippen MR) is 78.8 cm³/mol. The second-order valence-corrected chi connectivity index (χ2v) is 5.41. The molecule has 0 unspecified atom stereocenters. The molecule has 2 rings (SSSR count). The van der Waals surface area contributed by atoms with Gasteiger partial charge in [0.2, 0.25) is 0 Å². The van der Waals surface area contributed by atoms with Crippen LogP contribution in [0.5, 0.6) is 0 Å². The maximum Gasteiger partial charge on any atom is 0.335 e. The normalized spacial score (nSPS) is 10.7. The Hall–Kier alpha value is -1.000. The van der Waals surface area contributed by atoms with Crippen molar-refractivity contribution < 1.29 is 14.3 Å². The van der Waals surface area contributed by atoms with Crippen LogP contribution in [0, 0.1) is 5.82 Å². The van der Waals surface area contributed by atoms with Gasteiger partial charge in [-0.15, -0.1) is 0 Å². The zero-order valence-electron chi connectivity index (χ0n) is 9.55. The predicted octanol–water partition coefficient (Wildman–Crippen LogP) is 5.80. The number of benzene rings is 2.